The van der Waals surface area contributed by atoms with Crippen LogP contribution < -0.4 is 19.5 Å². The Hall–Kier alpha value is -3.26. The van der Waals surface area contributed by atoms with Gasteiger partial charge in [-0.2, -0.15) is 0 Å². The lowest BCUT2D eigenvalue weighted by atomic mass is 10.1. The fourth-order valence-corrected chi connectivity index (χ4v) is 2.36. The zero-order valence-corrected chi connectivity index (χ0v) is 16.1. The molecule has 0 aliphatic rings. The summed E-state index contributed by atoms with van der Waals surface area (Å²) in [6.07, 6.45) is 0.928. The summed E-state index contributed by atoms with van der Waals surface area (Å²) in [5.74, 6) is -1.20. The monoisotopic (exact) mass is 391 g/mol. The highest BCUT2D eigenvalue weighted by molar-refractivity contribution is 6.27. The number of aliphatic carboxylic acids is 2. The summed E-state index contributed by atoms with van der Waals surface area (Å²) in [4.78, 5) is 18.2. The second-order valence-electron chi connectivity index (χ2n) is 5.54. The molecule has 0 saturated heterocycles. The third-order valence-corrected chi connectivity index (χ3v) is 3.72. The van der Waals surface area contributed by atoms with E-state index in [2.05, 4.69) is 11.4 Å². The maximum Gasteiger partial charge on any atom is 0.414 e. The van der Waals surface area contributed by atoms with E-state index >= 15 is 0 Å². The largest absolute Gasteiger partial charge is 0.496 e. The van der Waals surface area contributed by atoms with Crippen molar-refractivity contribution in [2.75, 3.05) is 27.9 Å². The number of methoxy groups -OCH3 is 3. The van der Waals surface area contributed by atoms with Gasteiger partial charge in [-0.25, -0.2) is 9.59 Å². The third-order valence-electron chi connectivity index (χ3n) is 3.72. The van der Waals surface area contributed by atoms with Crippen molar-refractivity contribution < 1.29 is 34.0 Å². The molecule has 0 spiro atoms. The van der Waals surface area contributed by atoms with E-state index in [0.717, 1.165) is 42.3 Å². The van der Waals surface area contributed by atoms with Gasteiger partial charge in [0.25, 0.3) is 0 Å². The van der Waals surface area contributed by atoms with Crippen LogP contribution in [0.4, 0.5) is 0 Å². The van der Waals surface area contributed by atoms with Crippen molar-refractivity contribution in [2.45, 2.75) is 13.0 Å². The summed E-state index contributed by atoms with van der Waals surface area (Å²) in [5.41, 5.74) is 2.38. The van der Waals surface area contributed by atoms with Crippen molar-refractivity contribution in [3.8, 4) is 17.2 Å². The van der Waals surface area contributed by atoms with Crippen LogP contribution in [0.5, 0.6) is 17.2 Å². The van der Waals surface area contributed by atoms with E-state index in [1.165, 1.54) is 5.56 Å². The van der Waals surface area contributed by atoms with Gasteiger partial charge >= 0.3 is 11.9 Å². The van der Waals surface area contributed by atoms with Gasteiger partial charge < -0.3 is 29.7 Å². The first-order chi connectivity index (χ1) is 13.4. The van der Waals surface area contributed by atoms with Crippen molar-refractivity contribution in [1.29, 1.82) is 0 Å². The first-order valence-corrected chi connectivity index (χ1v) is 8.42. The molecule has 2 rings (SSSR count). The topological polar surface area (TPSA) is 114 Å². The van der Waals surface area contributed by atoms with Gasteiger partial charge in [-0.15, -0.1) is 0 Å². The Morgan fingerprint density at radius 1 is 0.857 bits per heavy atom. The quantitative estimate of drug-likeness (QED) is 0.463. The minimum atomic E-state index is -1.82. The summed E-state index contributed by atoms with van der Waals surface area (Å²) in [5, 5.41) is 18.2. The molecule has 8 heteroatoms. The van der Waals surface area contributed by atoms with E-state index < -0.39 is 11.9 Å². The molecule has 2 aromatic carbocycles. The molecule has 0 amide bonds. The lowest BCUT2D eigenvalue weighted by Crippen LogP contribution is -2.17. The van der Waals surface area contributed by atoms with Crippen LogP contribution in [-0.2, 0) is 22.6 Å². The molecule has 0 saturated carbocycles. The van der Waals surface area contributed by atoms with E-state index in [1.807, 2.05) is 36.4 Å². The predicted octanol–water partition coefficient (Wildman–Crippen LogP) is 2.20. The van der Waals surface area contributed by atoms with Crippen molar-refractivity contribution in [3.63, 3.8) is 0 Å². The van der Waals surface area contributed by atoms with Crippen LogP contribution in [0.3, 0.4) is 0 Å². The van der Waals surface area contributed by atoms with Gasteiger partial charge in [0.15, 0.2) is 11.5 Å². The van der Waals surface area contributed by atoms with Crippen LogP contribution in [0, 0.1) is 0 Å². The number of carbonyl (C=O) groups is 2. The average molecular weight is 391 g/mol. The number of para-hydroxylation sites is 1. The fourth-order valence-electron chi connectivity index (χ4n) is 2.36. The lowest BCUT2D eigenvalue weighted by molar-refractivity contribution is -0.159. The van der Waals surface area contributed by atoms with Crippen LogP contribution in [0.2, 0.25) is 0 Å². The summed E-state index contributed by atoms with van der Waals surface area (Å²) < 4.78 is 15.9. The van der Waals surface area contributed by atoms with Crippen LogP contribution >= 0.6 is 0 Å². The van der Waals surface area contributed by atoms with Crippen molar-refractivity contribution in [1.82, 2.24) is 5.32 Å². The van der Waals surface area contributed by atoms with Crippen LogP contribution in [0.25, 0.3) is 0 Å². The molecule has 0 aromatic heterocycles. The number of carboxylic acids is 2. The Labute approximate surface area is 163 Å². The molecule has 0 aliphatic heterocycles. The van der Waals surface area contributed by atoms with Crippen LogP contribution in [0.1, 0.15) is 11.1 Å². The minimum absolute atomic E-state index is 0.750. The zero-order valence-electron chi connectivity index (χ0n) is 16.1. The molecule has 2 aromatic rings. The Morgan fingerprint density at radius 3 is 2.04 bits per heavy atom. The van der Waals surface area contributed by atoms with E-state index in [0.29, 0.717) is 0 Å². The summed E-state index contributed by atoms with van der Waals surface area (Å²) >= 11 is 0. The Balaban J connectivity index is 0.000000568. The molecule has 0 bridgehead atoms. The number of hydrogen-bond donors (Lipinski definition) is 3. The van der Waals surface area contributed by atoms with Gasteiger partial charge in [0.2, 0.25) is 0 Å². The maximum absolute atomic E-state index is 9.10. The smallest absolute Gasteiger partial charge is 0.414 e. The molecule has 0 aliphatic carbocycles. The molecule has 8 nitrogen and oxygen atoms in total. The highest BCUT2D eigenvalue weighted by atomic mass is 16.5. The molecule has 0 fully saturated rings. The third kappa shape index (κ3) is 7.55. The Bertz CT molecular complexity index is 765. The first-order valence-electron chi connectivity index (χ1n) is 8.42. The van der Waals surface area contributed by atoms with Crippen molar-refractivity contribution in [2.24, 2.45) is 0 Å². The number of nitrogens with one attached hydrogen (secondary N) is 1. The first kappa shape index (κ1) is 22.8. The van der Waals surface area contributed by atoms with Crippen LogP contribution in [-0.4, -0.2) is 50.0 Å². The molecule has 152 valence electrons. The number of ether oxygens (including phenoxy) is 3. The molecular weight excluding hydrogens is 366 g/mol. The number of benzene rings is 2. The van der Waals surface area contributed by atoms with Crippen LogP contribution in [0.15, 0.2) is 42.5 Å². The molecule has 0 atom stereocenters. The Morgan fingerprint density at radius 2 is 1.46 bits per heavy atom. The number of rotatable bonds is 8. The highest BCUT2D eigenvalue weighted by Gasteiger charge is 2.05. The standard InChI is InChI=1S/C18H23NO3.C2H2O4/c1-20-16-7-5-4-6-15(16)10-11-19-13-14-8-9-17(21-2)18(12-14)22-3;3-1(4)2(5)6/h4-9,12,19H,10-11,13H2,1-3H3;(H,3,4)(H,5,6). The second-order valence-corrected chi connectivity index (χ2v) is 5.54. The second kappa shape index (κ2) is 12.2. The molecule has 3 N–H and O–H groups in total. The van der Waals surface area contributed by atoms with Crippen molar-refractivity contribution >= 4 is 11.9 Å². The molecule has 0 heterocycles. The summed E-state index contributed by atoms with van der Waals surface area (Å²) in [6, 6.07) is 14.1. The highest BCUT2D eigenvalue weighted by Crippen LogP contribution is 2.27. The van der Waals surface area contributed by atoms with Gasteiger partial charge in [-0.3, -0.25) is 0 Å². The molecule has 28 heavy (non-hydrogen) atoms. The van der Waals surface area contributed by atoms with Gasteiger partial charge in [0.05, 0.1) is 21.3 Å². The normalized spacial score (nSPS) is 9.68. The summed E-state index contributed by atoms with van der Waals surface area (Å²) in [6.45, 7) is 1.67. The predicted molar refractivity (Wildman–Crippen MR) is 103 cm³/mol. The average Bonchev–Trinajstić information content (AvgIpc) is 2.71. The number of hydrogen-bond acceptors (Lipinski definition) is 6. The SMILES string of the molecule is COc1ccccc1CCNCc1ccc(OC)c(OC)c1.O=C(O)C(=O)O. The molecule has 0 radical (unpaired) electrons. The molecular formula is C20H25NO7. The zero-order chi connectivity index (χ0) is 20.9. The van der Waals surface area contributed by atoms with Gasteiger partial charge in [0.1, 0.15) is 5.75 Å². The van der Waals surface area contributed by atoms with Crippen molar-refractivity contribution in [3.05, 3.63) is 53.6 Å². The van der Waals surface area contributed by atoms with E-state index in [-0.39, 0.29) is 0 Å². The van der Waals surface area contributed by atoms with Gasteiger partial charge in [-0.1, -0.05) is 24.3 Å². The number of carboxylic acid groups (broad SMARTS) is 2. The minimum Gasteiger partial charge on any atom is -0.496 e. The summed E-state index contributed by atoms with van der Waals surface area (Å²) in [7, 11) is 5.00. The van der Waals surface area contributed by atoms with Gasteiger partial charge in [-0.05, 0) is 42.3 Å². The lowest BCUT2D eigenvalue weighted by Gasteiger charge is -2.11. The fraction of sp³-hybridized carbons (Fsp3) is 0.300. The van der Waals surface area contributed by atoms with E-state index in [1.54, 1.807) is 21.3 Å². The van der Waals surface area contributed by atoms with Gasteiger partial charge in [0, 0.05) is 6.54 Å². The Kier molecular flexibility index (Phi) is 9.91. The molecule has 0 unspecified atom stereocenters. The van der Waals surface area contributed by atoms with E-state index in [4.69, 9.17) is 34.0 Å². The maximum atomic E-state index is 9.10. The van der Waals surface area contributed by atoms with E-state index in [9.17, 15) is 0 Å².